The molecule has 0 fully saturated rings. The second-order valence-corrected chi connectivity index (χ2v) is 7.20. The first-order chi connectivity index (χ1) is 14.8. The van der Waals surface area contributed by atoms with Crippen LogP contribution >= 0.6 is 11.3 Å². The molecule has 0 N–H and O–H groups in total. The Morgan fingerprint density at radius 1 is 1.13 bits per heavy atom. The second kappa shape index (κ2) is 9.07. The van der Waals surface area contributed by atoms with E-state index < -0.39 is 0 Å². The number of methoxy groups -OCH3 is 1. The largest absolute Gasteiger partial charge is 0.493 e. The molecule has 7 heteroatoms. The van der Waals surface area contributed by atoms with Gasteiger partial charge in [-0.2, -0.15) is 10.2 Å². The van der Waals surface area contributed by atoms with Crippen LogP contribution in [-0.2, 0) is 6.61 Å². The van der Waals surface area contributed by atoms with Crippen molar-refractivity contribution in [2.75, 3.05) is 7.11 Å². The number of rotatable bonds is 7. The fourth-order valence-corrected chi connectivity index (χ4v) is 3.43. The van der Waals surface area contributed by atoms with Crippen molar-refractivity contribution in [3.8, 4) is 28.3 Å². The van der Waals surface area contributed by atoms with Gasteiger partial charge in [-0.1, -0.05) is 47.6 Å². The van der Waals surface area contributed by atoms with Crippen molar-refractivity contribution in [3.05, 3.63) is 83.1 Å². The van der Waals surface area contributed by atoms with E-state index in [9.17, 15) is 5.26 Å². The highest BCUT2D eigenvalue weighted by Crippen LogP contribution is 2.31. The van der Waals surface area contributed by atoms with E-state index in [1.54, 1.807) is 19.3 Å². The summed E-state index contributed by atoms with van der Waals surface area (Å²) < 4.78 is 16.6. The van der Waals surface area contributed by atoms with Gasteiger partial charge in [-0.25, -0.2) is 0 Å². The molecule has 2 aromatic heterocycles. The van der Waals surface area contributed by atoms with E-state index in [2.05, 4.69) is 16.2 Å². The Morgan fingerprint density at radius 3 is 2.73 bits per heavy atom. The van der Waals surface area contributed by atoms with Crippen LogP contribution in [0.3, 0.4) is 0 Å². The average Bonchev–Trinajstić information content (AvgIpc) is 3.49. The fraction of sp³-hybridized carbons (Fsp3) is 0.0870. The predicted octanol–water partition coefficient (Wildman–Crippen LogP) is 5.45. The molecule has 30 heavy (non-hydrogen) atoms. The number of ether oxygens (including phenoxy) is 2. The quantitative estimate of drug-likeness (QED) is 0.373. The normalized spacial score (nSPS) is 11.1. The Bertz CT molecular complexity index is 1190. The second-order valence-electron chi connectivity index (χ2n) is 6.25. The fourth-order valence-electron chi connectivity index (χ4n) is 2.78. The molecule has 0 aliphatic rings. The molecule has 0 amide bonds. The number of aromatic nitrogens is 2. The monoisotopic (exact) mass is 415 g/mol. The first-order valence-corrected chi connectivity index (χ1v) is 9.99. The Labute approximate surface area is 177 Å². The van der Waals surface area contributed by atoms with Crippen LogP contribution < -0.4 is 9.47 Å². The number of nitrogens with zero attached hydrogens (tertiary/aromatic N) is 3. The molecule has 2 heterocycles. The maximum absolute atomic E-state index is 9.60. The number of allylic oxidation sites excluding steroid dienone is 1. The Balaban J connectivity index is 1.59. The zero-order valence-corrected chi connectivity index (χ0v) is 16.9. The van der Waals surface area contributed by atoms with Crippen LogP contribution in [0.1, 0.15) is 17.0 Å². The van der Waals surface area contributed by atoms with Crippen molar-refractivity contribution in [1.29, 1.82) is 5.26 Å². The predicted molar refractivity (Wildman–Crippen MR) is 115 cm³/mol. The van der Waals surface area contributed by atoms with Gasteiger partial charge in [0, 0.05) is 0 Å². The van der Waals surface area contributed by atoms with E-state index in [0.717, 1.165) is 16.0 Å². The first kappa shape index (κ1) is 19.4. The number of hydrogen-bond acceptors (Lipinski definition) is 7. The van der Waals surface area contributed by atoms with E-state index in [1.807, 2.05) is 60.0 Å². The summed E-state index contributed by atoms with van der Waals surface area (Å²) in [6.07, 6.45) is 1.68. The summed E-state index contributed by atoms with van der Waals surface area (Å²) in [6.45, 7) is 0.406. The van der Waals surface area contributed by atoms with Gasteiger partial charge in [0.15, 0.2) is 11.5 Å². The summed E-state index contributed by atoms with van der Waals surface area (Å²) in [5.74, 6) is 1.82. The average molecular weight is 415 g/mol. The van der Waals surface area contributed by atoms with Crippen LogP contribution in [0.5, 0.6) is 11.5 Å². The first-order valence-electron chi connectivity index (χ1n) is 9.11. The van der Waals surface area contributed by atoms with E-state index in [-0.39, 0.29) is 11.5 Å². The maximum Gasteiger partial charge on any atom is 0.268 e. The van der Waals surface area contributed by atoms with Gasteiger partial charge in [-0.15, -0.1) is 11.3 Å². The molecular weight excluding hydrogens is 398 g/mol. The Morgan fingerprint density at radius 2 is 2.00 bits per heavy atom. The minimum absolute atomic E-state index is 0.170. The molecule has 0 atom stereocenters. The smallest absolute Gasteiger partial charge is 0.268 e. The summed E-state index contributed by atoms with van der Waals surface area (Å²) in [4.78, 5) is 5.22. The SMILES string of the molecule is COc1ccc(/C=C(\C#N)c2nc(-c3cccs3)no2)cc1OCc1ccccc1. The molecule has 0 aliphatic carbocycles. The van der Waals surface area contributed by atoms with E-state index in [1.165, 1.54) is 11.3 Å². The lowest BCUT2D eigenvalue weighted by Crippen LogP contribution is -1.98. The molecule has 0 unspecified atom stereocenters. The van der Waals surface area contributed by atoms with Crippen molar-refractivity contribution >= 4 is 23.0 Å². The summed E-state index contributed by atoms with van der Waals surface area (Å²) in [5.41, 5.74) is 2.07. The number of thiophene rings is 1. The van der Waals surface area contributed by atoms with E-state index in [0.29, 0.717) is 23.9 Å². The minimum atomic E-state index is 0.170. The molecule has 4 rings (SSSR count). The third kappa shape index (κ3) is 4.40. The highest BCUT2D eigenvalue weighted by Gasteiger charge is 2.14. The third-order valence-electron chi connectivity index (χ3n) is 4.25. The van der Waals surface area contributed by atoms with Gasteiger partial charge in [0.05, 0.1) is 12.0 Å². The van der Waals surface area contributed by atoms with Crippen LogP contribution in [0.25, 0.3) is 22.4 Å². The molecule has 0 aliphatic heterocycles. The summed E-state index contributed by atoms with van der Waals surface area (Å²) >= 11 is 1.50. The highest BCUT2D eigenvalue weighted by molar-refractivity contribution is 7.13. The number of nitriles is 1. The molecule has 0 saturated heterocycles. The van der Waals surface area contributed by atoms with E-state index >= 15 is 0 Å². The Kier molecular flexibility index (Phi) is 5.88. The number of benzene rings is 2. The zero-order chi connectivity index (χ0) is 20.8. The van der Waals surface area contributed by atoms with Gasteiger partial charge in [0.2, 0.25) is 5.82 Å². The van der Waals surface area contributed by atoms with Crippen molar-refractivity contribution < 1.29 is 14.0 Å². The van der Waals surface area contributed by atoms with Crippen molar-refractivity contribution in [3.63, 3.8) is 0 Å². The number of hydrogen-bond donors (Lipinski definition) is 0. The third-order valence-corrected chi connectivity index (χ3v) is 5.12. The molecule has 0 bridgehead atoms. The van der Waals surface area contributed by atoms with Crippen LogP contribution in [0.4, 0.5) is 0 Å². The minimum Gasteiger partial charge on any atom is -0.493 e. The summed E-state index contributed by atoms with van der Waals surface area (Å²) in [5, 5.41) is 15.5. The molecular formula is C23H17N3O3S. The van der Waals surface area contributed by atoms with Gasteiger partial charge in [-0.05, 0) is 40.8 Å². The lowest BCUT2D eigenvalue weighted by Gasteiger charge is -2.11. The highest BCUT2D eigenvalue weighted by atomic mass is 32.1. The lowest BCUT2D eigenvalue weighted by atomic mass is 10.1. The zero-order valence-electron chi connectivity index (χ0n) is 16.1. The van der Waals surface area contributed by atoms with E-state index in [4.69, 9.17) is 14.0 Å². The summed E-state index contributed by atoms with van der Waals surface area (Å²) in [6, 6.07) is 21.2. The molecule has 0 spiro atoms. The van der Waals surface area contributed by atoms with Gasteiger partial charge in [-0.3, -0.25) is 0 Å². The Hall–Kier alpha value is -3.89. The van der Waals surface area contributed by atoms with Crippen LogP contribution in [0.2, 0.25) is 0 Å². The van der Waals surface area contributed by atoms with Crippen molar-refractivity contribution in [2.45, 2.75) is 6.61 Å². The molecule has 0 saturated carbocycles. The van der Waals surface area contributed by atoms with Crippen molar-refractivity contribution in [1.82, 2.24) is 10.1 Å². The van der Waals surface area contributed by atoms with Gasteiger partial charge in [0.25, 0.3) is 5.89 Å². The molecule has 4 aromatic rings. The summed E-state index contributed by atoms with van der Waals surface area (Å²) in [7, 11) is 1.59. The van der Waals surface area contributed by atoms with Crippen LogP contribution in [0, 0.1) is 11.3 Å². The topological polar surface area (TPSA) is 81.2 Å². The van der Waals surface area contributed by atoms with Gasteiger partial charge in [0.1, 0.15) is 18.2 Å². The van der Waals surface area contributed by atoms with Crippen LogP contribution in [-0.4, -0.2) is 17.3 Å². The van der Waals surface area contributed by atoms with Gasteiger partial charge < -0.3 is 14.0 Å². The molecule has 6 nitrogen and oxygen atoms in total. The molecule has 148 valence electrons. The van der Waals surface area contributed by atoms with Crippen molar-refractivity contribution in [2.24, 2.45) is 0 Å². The standard InChI is InChI=1S/C23H17N3O3S/c1-27-19-10-9-17(13-20(19)28-15-16-6-3-2-4-7-16)12-18(14-24)23-25-22(26-29-23)21-8-5-11-30-21/h2-13H,15H2,1H3/b18-12+. The lowest BCUT2D eigenvalue weighted by molar-refractivity contribution is 0.284. The molecule has 0 radical (unpaired) electrons. The van der Waals surface area contributed by atoms with Crippen LogP contribution in [0.15, 0.2) is 70.6 Å². The van der Waals surface area contributed by atoms with Gasteiger partial charge >= 0.3 is 0 Å². The molecule has 2 aromatic carbocycles. The maximum atomic E-state index is 9.60.